The molecular weight excluding hydrogens is 232 g/mol. The van der Waals surface area contributed by atoms with E-state index in [0.717, 1.165) is 18.8 Å². The van der Waals surface area contributed by atoms with Gasteiger partial charge in [-0.3, -0.25) is 0 Å². The normalized spacial score (nSPS) is 11.3. The highest BCUT2D eigenvalue weighted by Crippen LogP contribution is 2.11. The van der Waals surface area contributed by atoms with Crippen molar-refractivity contribution in [3.63, 3.8) is 0 Å². The van der Waals surface area contributed by atoms with Gasteiger partial charge in [-0.25, -0.2) is 4.68 Å². The second kappa shape index (κ2) is 5.72. The Hall–Kier alpha value is -1.76. The quantitative estimate of drug-likeness (QED) is 0.821. The third-order valence-corrected chi connectivity index (χ3v) is 2.42. The van der Waals surface area contributed by atoms with Gasteiger partial charge in [-0.1, -0.05) is 31.1 Å². The summed E-state index contributed by atoms with van der Waals surface area (Å²) in [6, 6.07) is 0. The molecule has 2 aromatic rings. The smallest absolute Gasteiger partial charge is 0.229 e. The molecule has 7 heteroatoms. The molecule has 0 saturated heterocycles. The zero-order valence-electron chi connectivity index (χ0n) is 10.9. The SMILES string of the molecule is CCNCc1cn(Cc2noc(C(C)C)n2)nn1. The van der Waals surface area contributed by atoms with Crippen molar-refractivity contribution in [1.29, 1.82) is 0 Å². The summed E-state index contributed by atoms with van der Waals surface area (Å²) >= 11 is 0. The highest BCUT2D eigenvalue weighted by Gasteiger charge is 2.10. The average Bonchev–Trinajstić information content (AvgIpc) is 2.96. The Morgan fingerprint density at radius 1 is 1.44 bits per heavy atom. The summed E-state index contributed by atoms with van der Waals surface area (Å²) in [5.41, 5.74) is 0.907. The zero-order valence-corrected chi connectivity index (χ0v) is 10.9. The molecular formula is C11H18N6O. The highest BCUT2D eigenvalue weighted by molar-refractivity contribution is 4.95. The van der Waals surface area contributed by atoms with Gasteiger partial charge in [-0.2, -0.15) is 4.98 Å². The van der Waals surface area contributed by atoms with Crippen molar-refractivity contribution in [2.45, 2.75) is 39.8 Å². The lowest BCUT2D eigenvalue weighted by Gasteiger charge is -1.95. The molecule has 18 heavy (non-hydrogen) atoms. The van der Waals surface area contributed by atoms with Gasteiger partial charge < -0.3 is 9.84 Å². The fourth-order valence-corrected chi connectivity index (χ4v) is 1.46. The molecule has 0 saturated carbocycles. The van der Waals surface area contributed by atoms with E-state index in [1.165, 1.54) is 0 Å². The summed E-state index contributed by atoms with van der Waals surface area (Å²) < 4.78 is 6.84. The lowest BCUT2D eigenvalue weighted by atomic mass is 10.2. The lowest BCUT2D eigenvalue weighted by Crippen LogP contribution is -2.11. The summed E-state index contributed by atoms with van der Waals surface area (Å²) in [6.07, 6.45) is 1.88. The first-order valence-corrected chi connectivity index (χ1v) is 6.11. The minimum Gasteiger partial charge on any atom is -0.339 e. The Labute approximate surface area is 106 Å². The topological polar surface area (TPSA) is 81.7 Å². The van der Waals surface area contributed by atoms with Crippen molar-refractivity contribution in [2.75, 3.05) is 6.54 Å². The molecule has 1 N–H and O–H groups in total. The van der Waals surface area contributed by atoms with E-state index in [2.05, 4.69) is 32.7 Å². The number of aromatic nitrogens is 5. The Kier molecular flexibility index (Phi) is 4.03. The van der Waals surface area contributed by atoms with Crippen LogP contribution in [0.5, 0.6) is 0 Å². The monoisotopic (exact) mass is 250 g/mol. The number of hydrogen-bond donors (Lipinski definition) is 1. The van der Waals surface area contributed by atoms with E-state index in [9.17, 15) is 0 Å². The molecule has 98 valence electrons. The Morgan fingerprint density at radius 3 is 2.94 bits per heavy atom. The van der Waals surface area contributed by atoms with Crippen molar-refractivity contribution in [3.05, 3.63) is 23.6 Å². The van der Waals surface area contributed by atoms with Gasteiger partial charge in [0.1, 0.15) is 6.54 Å². The Morgan fingerprint density at radius 2 is 2.28 bits per heavy atom. The first-order valence-electron chi connectivity index (χ1n) is 6.11. The molecule has 2 rings (SSSR count). The van der Waals surface area contributed by atoms with Crippen molar-refractivity contribution >= 4 is 0 Å². The van der Waals surface area contributed by atoms with Crippen LogP contribution in [-0.4, -0.2) is 31.7 Å². The summed E-state index contributed by atoms with van der Waals surface area (Å²) in [4.78, 5) is 4.29. The van der Waals surface area contributed by atoms with Crippen LogP contribution in [0.3, 0.4) is 0 Å². The fraction of sp³-hybridized carbons (Fsp3) is 0.636. The van der Waals surface area contributed by atoms with Crippen molar-refractivity contribution < 1.29 is 4.52 Å². The van der Waals surface area contributed by atoms with Gasteiger partial charge in [0.15, 0.2) is 5.82 Å². The molecule has 0 aliphatic carbocycles. The van der Waals surface area contributed by atoms with Crippen molar-refractivity contribution in [1.82, 2.24) is 30.5 Å². The van der Waals surface area contributed by atoms with Gasteiger partial charge in [0.05, 0.1) is 11.9 Å². The maximum atomic E-state index is 5.14. The molecule has 0 atom stereocenters. The first kappa shape index (κ1) is 12.7. The fourth-order valence-electron chi connectivity index (χ4n) is 1.46. The third kappa shape index (κ3) is 3.13. The summed E-state index contributed by atoms with van der Waals surface area (Å²) in [5.74, 6) is 1.52. The number of nitrogens with one attached hydrogen (secondary N) is 1. The summed E-state index contributed by atoms with van der Waals surface area (Å²) in [6.45, 7) is 8.20. The molecule has 7 nitrogen and oxygen atoms in total. The van der Waals surface area contributed by atoms with Gasteiger partial charge in [-0.05, 0) is 6.54 Å². The molecule has 2 heterocycles. The van der Waals surface area contributed by atoms with Crippen molar-refractivity contribution in [2.24, 2.45) is 0 Å². The van der Waals surface area contributed by atoms with E-state index in [4.69, 9.17) is 4.52 Å². The molecule has 0 aromatic carbocycles. The van der Waals surface area contributed by atoms with Crippen LogP contribution >= 0.6 is 0 Å². The van der Waals surface area contributed by atoms with E-state index in [0.29, 0.717) is 18.3 Å². The molecule has 0 spiro atoms. The summed E-state index contributed by atoms with van der Waals surface area (Å²) in [5, 5.41) is 15.2. The molecule has 0 amide bonds. The largest absolute Gasteiger partial charge is 0.339 e. The van der Waals surface area contributed by atoms with E-state index < -0.39 is 0 Å². The van der Waals surface area contributed by atoms with Crippen LogP contribution in [0.2, 0.25) is 0 Å². The molecule has 0 bridgehead atoms. The van der Waals surface area contributed by atoms with E-state index in [1.807, 2.05) is 20.0 Å². The first-order chi connectivity index (χ1) is 8.69. The summed E-state index contributed by atoms with van der Waals surface area (Å²) in [7, 11) is 0. The maximum absolute atomic E-state index is 5.14. The average molecular weight is 250 g/mol. The van der Waals surface area contributed by atoms with Gasteiger partial charge in [0, 0.05) is 12.5 Å². The standard InChI is InChI=1S/C11H18N6O/c1-4-12-5-9-6-17(16-14-9)7-10-13-11(8(2)3)18-15-10/h6,8,12H,4-5,7H2,1-3H3. The molecule has 0 aliphatic heterocycles. The second-order valence-corrected chi connectivity index (χ2v) is 4.39. The van der Waals surface area contributed by atoms with E-state index >= 15 is 0 Å². The van der Waals surface area contributed by atoms with E-state index in [-0.39, 0.29) is 5.92 Å². The molecule has 0 fully saturated rings. The Balaban J connectivity index is 1.97. The number of nitrogens with zero attached hydrogens (tertiary/aromatic N) is 5. The molecule has 0 unspecified atom stereocenters. The van der Waals surface area contributed by atoms with Crippen LogP contribution in [0.1, 0.15) is 44.1 Å². The zero-order chi connectivity index (χ0) is 13.0. The highest BCUT2D eigenvalue weighted by atomic mass is 16.5. The minimum absolute atomic E-state index is 0.242. The molecule has 0 radical (unpaired) electrons. The third-order valence-electron chi connectivity index (χ3n) is 2.42. The van der Waals surface area contributed by atoms with Crippen LogP contribution in [-0.2, 0) is 13.1 Å². The predicted molar refractivity (Wildman–Crippen MR) is 64.9 cm³/mol. The van der Waals surface area contributed by atoms with Crippen LogP contribution in [0, 0.1) is 0 Å². The van der Waals surface area contributed by atoms with Gasteiger partial charge in [0.25, 0.3) is 0 Å². The minimum atomic E-state index is 0.242. The Bertz CT molecular complexity index is 489. The van der Waals surface area contributed by atoms with Gasteiger partial charge >= 0.3 is 0 Å². The maximum Gasteiger partial charge on any atom is 0.229 e. The van der Waals surface area contributed by atoms with Crippen LogP contribution < -0.4 is 5.32 Å². The number of hydrogen-bond acceptors (Lipinski definition) is 6. The molecule has 2 aromatic heterocycles. The second-order valence-electron chi connectivity index (χ2n) is 4.39. The van der Waals surface area contributed by atoms with Crippen LogP contribution in [0.4, 0.5) is 0 Å². The van der Waals surface area contributed by atoms with Crippen molar-refractivity contribution in [3.8, 4) is 0 Å². The van der Waals surface area contributed by atoms with Gasteiger partial charge in [-0.15, -0.1) is 5.10 Å². The van der Waals surface area contributed by atoms with E-state index in [1.54, 1.807) is 4.68 Å². The predicted octanol–water partition coefficient (Wildman–Crippen LogP) is 0.942. The number of rotatable bonds is 6. The van der Waals surface area contributed by atoms with Crippen LogP contribution in [0.15, 0.2) is 10.7 Å². The van der Waals surface area contributed by atoms with Gasteiger partial charge in [0.2, 0.25) is 5.89 Å². The lowest BCUT2D eigenvalue weighted by molar-refractivity contribution is 0.359. The molecule has 0 aliphatic rings. The van der Waals surface area contributed by atoms with Crippen LogP contribution in [0.25, 0.3) is 0 Å².